The summed E-state index contributed by atoms with van der Waals surface area (Å²) in [5.74, 6) is 1.44. The van der Waals surface area contributed by atoms with Gasteiger partial charge in [-0.3, -0.25) is 0 Å². The Kier molecular flexibility index (Phi) is 5.15. The fraction of sp³-hybridized carbons (Fsp3) is 0.267. The van der Waals surface area contributed by atoms with E-state index in [2.05, 4.69) is 46.7 Å². The van der Waals surface area contributed by atoms with E-state index in [0.717, 1.165) is 15.9 Å². The van der Waals surface area contributed by atoms with Crippen molar-refractivity contribution in [3.05, 3.63) is 51.7 Å². The molecule has 0 radical (unpaired) electrons. The number of aromatic nitrogens is 1. The minimum absolute atomic E-state index is 0.466. The zero-order valence-electron chi connectivity index (χ0n) is 11.1. The van der Waals surface area contributed by atoms with E-state index in [0.29, 0.717) is 11.9 Å². The average Bonchev–Trinajstić information content (AvgIpc) is 2.37. The monoisotopic (exact) mass is 368 g/mol. The SMILES string of the molecule is CC(C)NCc1ccnc(Oc2cccc(I)c2)c1. The van der Waals surface area contributed by atoms with Crippen LogP contribution in [-0.4, -0.2) is 11.0 Å². The molecule has 0 saturated heterocycles. The Morgan fingerprint density at radius 1 is 1.26 bits per heavy atom. The van der Waals surface area contributed by atoms with Gasteiger partial charge in [-0.05, 0) is 52.4 Å². The summed E-state index contributed by atoms with van der Waals surface area (Å²) in [7, 11) is 0. The predicted molar refractivity (Wildman–Crippen MR) is 85.4 cm³/mol. The lowest BCUT2D eigenvalue weighted by atomic mass is 10.2. The molecule has 3 nitrogen and oxygen atoms in total. The Balaban J connectivity index is 2.06. The van der Waals surface area contributed by atoms with Crippen molar-refractivity contribution in [3.63, 3.8) is 0 Å². The molecule has 0 saturated carbocycles. The summed E-state index contributed by atoms with van der Waals surface area (Å²) in [5.41, 5.74) is 1.17. The highest BCUT2D eigenvalue weighted by molar-refractivity contribution is 14.1. The van der Waals surface area contributed by atoms with Crippen molar-refractivity contribution < 1.29 is 4.74 Å². The Labute approximate surface area is 127 Å². The van der Waals surface area contributed by atoms with Crippen molar-refractivity contribution in [3.8, 4) is 11.6 Å². The van der Waals surface area contributed by atoms with E-state index in [1.54, 1.807) is 6.20 Å². The molecular weight excluding hydrogens is 351 g/mol. The van der Waals surface area contributed by atoms with Crippen LogP contribution in [0.4, 0.5) is 0 Å². The number of rotatable bonds is 5. The molecule has 0 atom stereocenters. The van der Waals surface area contributed by atoms with Gasteiger partial charge in [-0.2, -0.15) is 0 Å². The second-order valence-corrected chi connectivity index (χ2v) is 5.84. The van der Waals surface area contributed by atoms with Crippen LogP contribution in [0.2, 0.25) is 0 Å². The van der Waals surface area contributed by atoms with E-state index in [-0.39, 0.29) is 0 Å². The van der Waals surface area contributed by atoms with Crippen LogP contribution in [0, 0.1) is 3.57 Å². The van der Waals surface area contributed by atoms with Crippen LogP contribution in [0.3, 0.4) is 0 Å². The molecule has 0 unspecified atom stereocenters. The van der Waals surface area contributed by atoms with Crippen LogP contribution in [0.25, 0.3) is 0 Å². The van der Waals surface area contributed by atoms with Gasteiger partial charge < -0.3 is 10.1 Å². The molecule has 0 aliphatic carbocycles. The van der Waals surface area contributed by atoms with E-state index < -0.39 is 0 Å². The number of nitrogens with one attached hydrogen (secondary N) is 1. The van der Waals surface area contributed by atoms with Gasteiger partial charge in [0.15, 0.2) is 0 Å². The molecule has 0 aliphatic heterocycles. The maximum Gasteiger partial charge on any atom is 0.219 e. The third-order valence-corrected chi connectivity index (χ3v) is 3.20. The maximum absolute atomic E-state index is 5.76. The number of nitrogens with zero attached hydrogens (tertiary/aromatic N) is 1. The molecule has 1 aromatic heterocycles. The van der Waals surface area contributed by atoms with E-state index in [1.807, 2.05) is 36.4 Å². The summed E-state index contributed by atoms with van der Waals surface area (Å²) in [4.78, 5) is 4.24. The topological polar surface area (TPSA) is 34.2 Å². The zero-order chi connectivity index (χ0) is 13.7. The largest absolute Gasteiger partial charge is 0.439 e. The molecule has 1 heterocycles. The highest BCUT2D eigenvalue weighted by atomic mass is 127. The zero-order valence-corrected chi connectivity index (χ0v) is 13.2. The molecule has 4 heteroatoms. The number of halogens is 1. The van der Waals surface area contributed by atoms with Crippen LogP contribution in [-0.2, 0) is 6.54 Å². The van der Waals surface area contributed by atoms with Crippen molar-refractivity contribution >= 4 is 22.6 Å². The highest BCUT2D eigenvalue weighted by Crippen LogP contribution is 2.21. The second-order valence-electron chi connectivity index (χ2n) is 4.60. The molecule has 1 aromatic carbocycles. The third kappa shape index (κ3) is 4.80. The Morgan fingerprint density at radius 2 is 2.11 bits per heavy atom. The Morgan fingerprint density at radius 3 is 2.84 bits per heavy atom. The van der Waals surface area contributed by atoms with Gasteiger partial charge in [0, 0.05) is 28.4 Å². The predicted octanol–water partition coefficient (Wildman–Crippen LogP) is 3.98. The first kappa shape index (κ1) is 14.3. The van der Waals surface area contributed by atoms with Crippen molar-refractivity contribution in [1.29, 1.82) is 0 Å². The van der Waals surface area contributed by atoms with Gasteiger partial charge >= 0.3 is 0 Å². The fourth-order valence-corrected chi connectivity index (χ4v) is 2.10. The molecule has 0 spiro atoms. The van der Waals surface area contributed by atoms with Crippen LogP contribution >= 0.6 is 22.6 Å². The van der Waals surface area contributed by atoms with Crippen molar-refractivity contribution in [2.24, 2.45) is 0 Å². The summed E-state index contributed by atoms with van der Waals surface area (Å²) in [6.45, 7) is 5.08. The summed E-state index contributed by atoms with van der Waals surface area (Å²) in [5, 5.41) is 3.38. The number of hydrogen-bond donors (Lipinski definition) is 1. The first-order valence-corrected chi connectivity index (χ1v) is 7.33. The minimum atomic E-state index is 0.466. The number of pyridine rings is 1. The first-order chi connectivity index (χ1) is 9.13. The van der Waals surface area contributed by atoms with Gasteiger partial charge in [0.25, 0.3) is 0 Å². The Hall–Kier alpha value is -1.14. The smallest absolute Gasteiger partial charge is 0.219 e. The lowest BCUT2D eigenvalue weighted by molar-refractivity contribution is 0.461. The average molecular weight is 368 g/mol. The molecule has 0 aliphatic rings. The van der Waals surface area contributed by atoms with Crippen LogP contribution in [0.15, 0.2) is 42.6 Å². The van der Waals surface area contributed by atoms with E-state index >= 15 is 0 Å². The van der Waals surface area contributed by atoms with Gasteiger partial charge in [-0.1, -0.05) is 19.9 Å². The molecule has 0 amide bonds. The third-order valence-electron chi connectivity index (χ3n) is 2.53. The van der Waals surface area contributed by atoms with Crippen LogP contribution < -0.4 is 10.1 Å². The summed E-state index contributed by atoms with van der Waals surface area (Å²) < 4.78 is 6.91. The Bertz CT molecular complexity index is 543. The quantitative estimate of drug-likeness (QED) is 0.811. The van der Waals surface area contributed by atoms with Gasteiger partial charge in [0.2, 0.25) is 5.88 Å². The molecule has 0 bridgehead atoms. The van der Waals surface area contributed by atoms with Gasteiger partial charge in [-0.25, -0.2) is 4.98 Å². The summed E-state index contributed by atoms with van der Waals surface area (Å²) in [6, 6.07) is 12.4. The van der Waals surface area contributed by atoms with Crippen molar-refractivity contribution in [2.45, 2.75) is 26.4 Å². The lowest BCUT2D eigenvalue weighted by Crippen LogP contribution is -2.21. The second kappa shape index (κ2) is 6.86. The maximum atomic E-state index is 5.76. The summed E-state index contributed by atoms with van der Waals surface area (Å²) >= 11 is 2.26. The van der Waals surface area contributed by atoms with E-state index in [1.165, 1.54) is 5.56 Å². The standard InChI is InChI=1S/C15H17IN2O/c1-11(2)18-10-12-6-7-17-15(8-12)19-14-5-3-4-13(16)9-14/h3-9,11,18H,10H2,1-2H3. The van der Waals surface area contributed by atoms with Gasteiger partial charge in [0.1, 0.15) is 5.75 Å². The molecule has 2 aromatic rings. The first-order valence-electron chi connectivity index (χ1n) is 6.25. The molecule has 100 valence electrons. The van der Waals surface area contributed by atoms with E-state index in [4.69, 9.17) is 4.74 Å². The lowest BCUT2D eigenvalue weighted by Gasteiger charge is -2.09. The van der Waals surface area contributed by atoms with Crippen LogP contribution in [0.5, 0.6) is 11.6 Å². The van der Waals surface area contributed by atoms with Crippen molar-refractivity contribution in [1.82, 2.24) is 10.3 Å². The number of hydrogen-bond acceptors (Lipinski definition) is 3. The van der Waals surface area contributed by atoms with Crippen LogP contribution in [0.1, 0.15) is 19.4 Å². The number of benzene rings is 1. The highest BCUT2D eigenvalue weighted by Gasteiger charge is 2.02. The van der Waals surface area contributed by atoms with Gasteiger partial charge in [0.05, 0.1) is 0 Å². The molecule has 1 N–H and O–H groups in total. The van der Waals surface area contributed by atoms with E-state index in [9.17, 15) is 0 Å². The van der Waals surface area contributed by atoms with Gasteiger partial charge in [-0.15, -0.1) is 0 Å². The fourth-order valence-electron chi connectivity index (χ4n) is 1.59. The normalized spacial score (nSPS) is 10.7. The molecule has 2 rings (SSSR count). The van der Waals surface area contributed by atoms with Crippen molar-refractivity contribution in [2.75, 3.05) is 0 Å². The molecule has 0 fully saturated rings. The summed E-state index contributed by atoms with van der Waals surface area (Å²) in [6.07, 6.45) is 1.78. The minimum Gasteiger partial charge on any atom is -0.439 e. The molecule has 19 heavy (non-hydrogen) atoms. The number of ether oxygens (including phenoxy) is 1. The molecular formula is C15H17IN2O.